The molecule has 0 aliphatic carbocycles. The van der Waals surface area contributed by atoms with Crippen LogP contribution in [0.15, 0.2) is 48.8 Å². The first kappa shape index (κ1) is 22.9. The Morgan fingerprint density at radius 3 is 2.64 bits per heavy atom. The van der Waals surface area contributed by atoms with E-state index in [1.807, 2.05) is 12.1 Å². The van der Waals surface area contributed by atoms with Gasteiger partial charge in [0.1, 0.15) is 11.6 Å². The van der Waals surface area contributed by atoms with E-state index in [2.05, 4.69) is 55.9 Å². The third-order valence-electron chi connectivity index (χ3n) is 5.96. The minimum atomic E-state index is -0.202. The molecule has 0 fully saturated rings. The summed E-state index contributed by atoms with van der Waals surface area (Å²) in [5, 5.41) is 12.2. The molecule has 0 saturated heterocycles. The number of benzene rings is 1. The number of pyridine rings is 1. The number of ether oxygens (including phenoxy) is 1. The molecule has 3 heterocycles. The average Bonchev–Trinajstić information content (AvgIpc) is 3.13. The van der Waals surface area contributed by atoms with Crippen molar-refractivity contribution < 1.29 is 9.53 Å². The van der Waals surface area contributed by atoms with Gasteiger partial charge in [-0.05, 0) is 42.2 Å². The Labute approximate surface area is 195 Å². The Morgan fingerprint density at radius 1 is 1.12 bits per heavy atom. The van der Waals surface area contributed by atoms with E-state index in [1.54, 1.807) is 31.6 Å². The molecule has 174 valence electrons. The summed E-state index contributed by atoms with van der Waals surface area (Å²) >= 11 is 0. The lowest BCUT2D eigenvalue weighted by atomic mass is 10.0. The summed E-state index contributed by atoms with van der Waals surface area (Å²) in [6.07, 6.45) is 4.87. The van der Waals surface area contributed by atoms with Gasteiger partial charge in [0.2, 0.25) is 0 Å². The summed E-state index contributed by atoms with van der Waals surface area (Å²) < 4.78 is 7.46. The molecule has 1 amide bonds. The van der Waals surface area contributed by atoms with Crippen molar-refractivity contribution in [1.82, 2.24) is 30.0 Å². The lowest BCUT2D eigenvalue weighted by Gasteiger charge is -2.22. The smallest absolute Gasteiger partial charge is 0.253 e. The fourth-order valence-corrected chi connectivity index (χ4v) is 4.23. The lowest BCUT2D eigenvalue weighted by Crippen LogP contribution is -2.32. The second kappa shape index (κ2) is 10.6. The summed E-state index contributed by atoms with van der Waals surface area (Å²) in [6, 6.07) is 11.6. The zero-order valence-electron chi connectivity index (χ0n) is 19.6. The number of nitrogens with one attached hydrogen (secondary N) is 1. The van der Waals surface area contributed by atoms with Crippen molar-refractivity contribution in [3.63, 3.8) is 0 Å². The zero-order valence-corrected chi connectivity index (χ0v) is 19.6. The van der Waals surface area contributed by atoms with Crippen LogP contribution in [0.5, 0.6) is 5.75 Å². The number of carbonyl (C=O) groups excluding carboxylic acids is 1. The molecule has 0 bridgehead atoms. The number of amides is 1. The number of hydrogen-bond acceptors (Lipinski definition) is 6. The molecular weight excluding hydrogens is 416 g/mol. The van der Waals surface area contributed by atoms with Crippen molar-refractivity contribution in [2.45, 2.75) is 45.8 Å². The van der Waals surface area contributed by atoms with Crippen molar-refractivity contribution in [1.29, 1.82) is 0 Å². The monoisotopic (exact) mass is 448 g/mol. The van der Waals surface area contributed by atoms with Crippen LogP contribution in [0.1, 0.15) is 53.9 Å². The maximum absolute atomic E-state index is 12.8. The summed E-state index contributed by atoms with van der Waals surface area (Å²) in [6.45, 7) is 7.80. The van der Waals surface area contributed by atoms with E-state index in [-0.39, 0.29) is 11.9 Å². The van der Waals surface area contributed by atoms with E-state index in [1.165, 1.54) is 5.56 Å². The van der Waals surface area contributed by atoms with Gasteiger partial charge in [-0.15, -0.1) is 10.2 Å². The minimum absolute atomic E-state index is 0.138. The van der Waals surface area contributed by atoms with Crippen LogP contribution in [0.25, 0.3) is 0 Å². The van der Waals surface area contributed by atoms with Gasteiger partial charge < -0.3 is 14.6 Å². The third-order valence-corrected chi connectivity index (χ3v) is 5.96. The van der Waals surface area contributed by atoms with Gasteiger partial charge in [-0.2, -0.15) is 0 Å². The van der Waals surface area contributed by atoms with Crippen LogP contribution >= 0.6 is 0 Å². The van der Waals surface area contributed by atoms with Gasteiger partial charge in [0.25, 0.3) is 5.91 Å². The molecule has 33 heavy (non-hydrogen) atoms. The summed E-state index contributed by atoms with van der Waals surface area (Å²) in [4.78, 5) is 19.3. The van der Waals surface area contributed by atoms with E-state index in [9.17, 15) is 4.79 Å². The topological polar surface area (TPSA) is 85.2 Å². The van der Waals surface area contributed by atoms with E-state index < -0.39 is 0 Å². The highest BCUT2D eigenvalue weighted by Crippen LogP contribution is 2.23. The van der Waals surface area contributed by atoms with Crippen LogP contribution < -0.4 is 10.1 Å². The SMILES string of the molecule is COc1ccc(CN2CCc3nnc(C(CC(C)C)NC(=O)c4cccnc4)n3CC2)cc1. The van der Waals surface area contributed by atoms with Crippen molar-refractivity contribution >= 4 is 5.91 Å². The molecule has 3 aromatic rings. The standard InChI is InChI=1S/C25H32N6O2/c1-18(2)15-22(27-25(32)20-5-4-11-26-16-20)24-29-28-23-10-12-30(13-14-31(23)24)17-19-6-8-21(33-3)9-7-19/h4-9,11,16,18,22H,10,12-15,17H2,1-3H3,(H,27,32). The predicted molar refractivity (Wildman–Crippen MR) is 126 cm³/mol. The molecule has 1 aromatic carbocycles. The van der Waals surface area contributed by atoms with Gasteiger partial charge in [-0.1, -0.05) is 26.0 Å². The maximum Gasteiger partial charge on any atom is 0.253 e. The maximum atomic E-state index is 12.8. The second-order valence-corrected chi connectivity index (χ2v) is 8.90. The zero-order chi connectivity index (χ0) is 23.2. The van der Waals surface area contributed by atoms with E-state index >= 15 is 0 Å². The van der Waals surface area contributed by atoms with Crippen LogP contribution in [-0.2, 0) is 19.5 Å². The predicted octanol–water partition coefficient (Wildman–Crippen LogP) is 3.26. The normalized spacial score (nSPS) is 15.0. The summed E-state index contributed by atoms with van der Waals surface area (Å²) in [7, 11) is 1.68. The molecule has 1 aliphatic rings. The third kappa shape index (κ3) is 5.76. The number of carbonyl (C=O) groups is 1. The molecular formula is C25H32N6O2. The van der Waals surface area contributed by atoms with Crippen molar-refractivity contribution in [3.05, 3.63) is 71.6 Å². The molecule has 0 radical (unpaired) electrons. The van der Waals surface area contributed by atoms with Gasteiger partial charge in [0.15, 0.2) is 5.82 Å². The molecule has 8 heteroatoms. The van der Waals surface area contributed by atoms with Crippen LogP contribution in [0, 0.1) is 5.92 Å². The number of hydrogen-bond donors (Lipinski definition) is 1. The minimum Gasteiger partial charge on any atom is -0.497 e. The number of rotatable bonds is 8. The first-order chi connectivity index (χ1) is 16.0. The fraction of sp³-hybridized carbons (Fsp3) is 0.440. The lowest BCUT2D eigenvalue weighted by molar-refractivity contribution is 0.0928. The number of aromatic nitrogens is 4. The number of nitrogens with zero attached hydrogens (tertiary/aromatic N) is 5. The Balaban J connectivity index is 1.47. The van der Waals surface area contributed by atoms with E-state index in [0.717, 1.165) is 56.4 Å². The molecule has 1 atom stereocenters. The highest BCUT2D eigenvalue weighted by atomic mass is 16.5. The molecule has 0 spiro atoms. The molecule has 4 rings (SSSR count). The fourth-order valence-electron chi connectivity index (χ4n) is 4.23. The molecule has 1 unspecified atom stereocenters. The highest BCUT2D eigenvalue weighted by molar-refractivity contribution is 5.94. The molecule has 0 saturated carbocycles. The molecule has 1 N–H and O–H groups in total. The Morgan fingerprint density at radius 2 is 1.94 bits per heavy atom. The average molecular weight is 449 g/mol. The van der Waals surface area contributed by atoms with Crippen molar-refractivity contribution in [2.75, 3.05) is 20.2 Å². The molecule has 8 nitrogen and oxygen atoms in total. The van der Waals surface area contributed by atoms with E-state index in [4.69, 9.17) is 4.74 Å². The largest absolute Gasteiger partial charge is 0.497 e. The molecule has 2 aromatic heterocycles. The van der Waals surface area contributed by atoms with Gasteiger partial charge >= 0.3 is 0 Å². The van der Waals surface area contributed by atoms with Gasteiger partial charge in [0.05, 0.1) is 18.7 Å². The quantitative estimate of drug-likeness (QED) is 0.569. The first-order valence-electron chi connectivity index (χ1n) is 11.5. The van der Waals surface area contributed by atoms with Crippen molar-refractivity contribution in [3.8, 4) is 5.75 Å². The van der Waals surface area contributed by atoms with E-state index in [0.29, 0.717) is 11.5 Å². The van der Waals surface area contributed by atoms with Crippen LogP contribution in [0.3, 0.4) is 0 Å². The first-order valence-corrected chi connectivity index (χ1v) is 11.5. The molecule has 1 aliphatic heterocycles. The number of methoxy groups -OCH3 is 1. The van der Waals surface area contributed by atoms with Crippen LogP contribution in [0.4, 0.5) is 0 Å². The van der Waals surface area contributed by atoms with Gasteiger partial charge in [0, 0.05) is 45.0 Å². The van der Waals surface area contributed by atoms with Crippen molar-refractivity contribution in [2.24, 2.45) is 5.92 Å². The Bertz CT molecular complexity index is 1050. The summed E-state index contributed by atoms with van der Waals surface area (Å²) in [5.41, 5.74) is 1.81. The van der Waals surface area contributed by atoms with Crippen LogP contribution in [-0.4, -0.2) is 50.8 Å². The second-order valence-electron chi connectivity index (χ2n) is 8.90. The van der Waals surface area contributed by atoms with Crippen LogP contribution in [0.2, 0.25) is 0 Å². The number of fused-ring (bicyclic) bond motifs is 1. The van der Waals surface area contributed by atoms with Gasteiger partial charge in [-0.3, -0.25) is 14.7 Å². The highest BCUT2D eigenvalue weighted by Gasteiger charge is 2.26. The van der Waals surface area contributed by atoms with Gasteiger partial charge in [-0.25, -0.2) is 0 Å². The Kier molecular flexibility index (Phi) is 7.34. The Hall–Kier alpha value is -3.26. The summed E-state index contributed by atoms with van der Waals surface area (Å²) in [5.74, 6) is 2.94.